The third-order valence-electron chi connectivity index (χ3n) is 5.21. The Labute approximate surface area is 147 Å². The summed E-state index contributed by atoms with van der Waals surface area (Å²) in [6.07, 6.45) is 3.93. The van der Waals surface area contributed by atoms with Crippen LogP contribution in [0.4, 0.5) is 0 Å². The highest BCUT2D eigenvalue weighted by molar-refractivity contribution is 5.93. The first-order chi connectivity index (χ1) is 12.2. The topological polar surface area (TPSA) is 34.5 Å². The van der Waals surface area contributed by atoms with E-state index in [9.17, 15) is 4.79 Å². The Kier molecular flexibility index (Phi) is 4.45. The molecule has 1 aliphatic rings. The number of benzene rings is 2. The number of nitrogens with zero attached hydrogens (tertiary/aromatic N) is 2. The summed E-state index contributed by atoms with van der Waals surface area (Å²) in [4.78, 5) is 15.3. The van der Waals surface area contributed by atoms with Crippen molar-refractivity contribution in [2.24, 2.45) is 7.05 Å². The van der Waals surface area contributed by atoms with Crippen molar-refractivity contribution in [2.45, 2.75) is 19.3 Å². The second-order valence-corrected chi connectivity index (χ2v) is 6.84. The molecule has 4 rings (SSSR count). The molecule has 4 heteroatoms. The van der Waals surface area contributed by atoms with Gasteiger partial charge in [-0.05, 0) is 56.3 Å². The van der Waals surface area contributed by atoms with E-state index >= 15 is 0 Å². The molecule has 1 saturated heterocycles. The van der Waals surface area contributed by atoms with Crippen LogP contribution < -0.4 is 10.2 Å². The zero-order chi connectivity index (χ0) is 17.2. The number of aromatic nitrogens is 1. The van der Waals surface area contributed by atoms with E-state index in [1.807, 2.05) is 49.5 Å². The van der Waals surface area contributed by atoms with E-state index in [1.54, 1.807) is 0 Å². The number of ether oxygens (including phenoxy) is 1. The number of fused-ring (bicyclic) bond motifs is 2. The van der Waals surface area contributed by atoms with Crippen LogP contribution in [-0.4, -0.2) is 35.7 Å². The Bertz CT molecular complexity index is 955. The van der Waals surface area contributed by atoms with Crippen LogP contribution >= 0.6 is 0 Å². The average molecular weight is 336 g/mol. The van der Waals surface area contributed by atoms with Gasteiger partial charge in [-0.3, -0.25) is 9.69 Å². The largest absolute Gasteiger partial charge is 0.492 e. The minimum absolute atomic E-state index is 0.0742. The van der Waals surface area contributed by atoms with Crippen LogP contribution in [0.2, 0.25) is 0 Å². The number of hydrogen-bond acceptors (Lipinski definition) is 3. The minimum atomic E-state index is 0.0742. The van der Waals surface area contributed by atoms with Gasteiger partial charge in [-0.25, -0.2) is 0 Å². The molecule has 0 bridgehead atoms. The fourth-order valence-electron chi connectivity index (χ4n) is 3.79. The van der Waals surface area contributed by atoms with Crippen molar-refractivity contribution in [3.63, 3.8) is 0 Å². The molecule has 0 atom stereocenters. The standard InChI is InChI=1S/C21H24N2O2/c1-22-19-8-4-3-7-17(19)21(24)18-15-16(9-10-20(18)22)25-14-13-23-11-5-2-6-12-23/h3-4,7-10,15H,2,5-6,11-14H2,1H3. The fourth-order valence-corrected chi connectivity index (χ4v) is 3.79. The highest BCUT2D eigenvalue weighted by Gasteiger charge is 2.11. The van der Waals surface area contributed by atoms with E-state index in [0.717, 1.165) is 34.1 Å². The number of aryl methyl sites for hydroxylation is 1. The number of hydrogen-bond donors (Lipinski definition) is 0. The summed E-state index contributed by atoms with van der Waals surface area (Å²) in [5.41, 5.74) is 1.97. The lowest BCUT2D eigenvalue weighted by atomic mass is 10.1. The monoisotopic (exact) mass is 336 g/mol. The van der Waals surface area contributed by atoms with Gasteiger partial charge in [0.15, 0.2) is 5.43 Å². The minimum Gasteiger partial charge on any atom is -0.492 e. The predicted molar refractivity (Wildman–Crippen MR) is 102 cm³/mol. The van der Waals surface area contributed by atoms with E-state index in [1.165, 1.54) is 32.4 Å². The van der Waals surface area contributed by atoms with E-state index in [4.69, 9.17) is 4.74 Å². The predicted octanol–water partition coefficient (Wildman–Crippen LogP) is 3.56. The Morgan fingerprint density at radius 3 is 2.56 bits per heavy atom. The van der Waals surface area contributed by atoms with Gasteiger partial charge in [0.2, 0.25) is 0 Å². The maximum absolute atomic E-state index is 12.8. The molecule has 4 nitrogen and oxygen atoms in total. The highest BCUT2D eigenvalue weighted by Crippen LogP contribution is 2.22. The second-order valence-electron chi connectivity index (χ2n) is 6.84. The molecular formula is C21H24N2O2. The first-order valence-corrected chi connectivity index (χ1v) is 9.11. The van der Waals surface area contributed by atoms with Crippen molar-refractivity contribution in [3.8, 4) is 5.75 Å². The number of piperidine rings is 1. The van der Waals surface area contributed by atoms with Crippen molar-refractivity contribution in [1.82, 2.24) is 9.47 Å². The Hall–Kier alpha value is -2.33. The van der Waals surface area contributed by atoms with Crippen LogP contribution in [0.25, 0.3) is 21.8 Å². The van der Waals surface area contributed by atoms with Gasteiger partial charge < -0.3 is 9.30 Å². The molecule has 3 aromatic rings. The first-order valence-electron chi connectivity index (χ1n) is 9.11. The lowest BCUT2D eigenvalue weighted by Gasteiger charge is -2.26. The van der Waals surface area contributed by atoms with Gasteiger partial charge in [0.25, 0.3) is 0 Å². The average Bonchev–Trinajstić information content (AvgIpc) is 2.67. The summed E-state index contributed by atoms with van der Waals surface area (Å²) >= 11 is 0. The number of para-hydroxylation sites is 1. The van der Waals surface area contributed by atoms with Crippen molar-refractivity contribution in [1.29, 1.82) is 0 Å². The van der Waals surface area contributed by atoms with Crippen LogP contribution in [0, 0.1) is 0 Å². The van der Waals surface area contributed by atoms with E-state index in [2.05, 4.69) is 9.47 Å². The molecular weight excluding hydrogens is 312 g/mol. The number of rotatable bonds is 4. The smallest absolute Gasteiger partial charge is 0.197 e. The zero-order valence-electron chi connectivity index (χ0n) is 14.7. The molecule has 25 heavy (non-hydrogen) atoms. The molecule has 2 aromatic carbocycles. The maximum atomic E-state index is 12.8. The summed E-state index contributed by atoms with van der Waals surface area (Å²) < 4.78 is 8.01. The third-order valence-corrected chi connectivity index (χ3v) is 5.21. The van der Waals surface area contributed by atoms with E-state index in [0.29, 0.717) is 6.61 Å². The van der Waals surface area contributed by atoms with Gasteiger partial charge in [-0.15, -0.1) is 0 Å². The van der Waals surface area contributed by atoms with Crippen LogP contribution in [0.3, 0.4) is 0 Å². The summed E-state index contributed by atoms with van der Waals surface area (Å²) in [6.45, 7) is 3.97. The Morgan fingerprint density at radius 1 is 0.960 bits per heavy atom. The zero-order valence-corrected chi connectivity index (χ0v) is 14.7. The van der Waals surface area contributed by atoms with Crippen molar-refractivity contribution in [3.05, 3.63) is 52.7 Å². The van der Waals surface area contributed by atoms with Crippen LogP contribution in [0.1, 0.15) is 19.3 Å². The molecule has 0 radical (unpaired) electrons. The van der Waals surface area contributed by atoms with Crippen molar-refractivity contribution in [2.75, 3.05) is 26.2 Å². The Morgan fingerprint density at radius 2 is 1.72 bits per heavy atom. The van der Waals surface area contributed by atoms with Gasteiger partial charge >= 0.3 is 0 Å². The molecule has 0 spiro atoms. The summed E-state index contributed by atoms with van der Waals surface area (Å²) in [7, 11) is 2.00. The highest BCUT2D eigenvalue weighted by atomic mass is 16.5. The molecule has 1 aromatic heterocycles. The van der Waals surface area contributed by atoms with Gasteiger partial charge in [-0.1, -0.05) is 18.6 Å². The lowest BCUT2D eigenvalue weighted by molar-refractivity contribution is 0.183. The van der Waals surface area contributed by atoms with Gasteiger partial charge in [0.05, 0.1) is 11.0 Å². The van der Waals surface area contributed by atoms with Gasteiger partial charge in [0, 0.05) is 24.4 Å². The molecule has 130 valence electrons. The maximum Gasteiger partial charge on any atom is 0.197 e. The van der Waals surface area contributed by atoms with Crippen LogP contribution in [-0.2, 0) is 7.05 Å². The normalized spacial score (nSPS) is 15.7. The number of likely N-dealkylation sites (tertiary alicyclic amines) is 1. The summed E-state index contributed by atoms with van der Waals surface area (Å²) in [6, 6.07) is 13.6. The van der Waals surface area contributed by atoms with Gasteiger partial charge in [0.1, 0.15) is 12.4 Å². The summed E-state index contributed by atoms with van der Waals surface area (Å²) in [5.74, 6) is 0.775. The molecule has 0 N–H and O–H groups in total. The molecule has 2 heterocycles. The third kappa shape index (κ3) is 3.14. The molecule has 0 unspecified atom stereocenters. The first kappa shape index (κ1) is 16.2. The Balaban J connectivity index is 1.60. The second kappa shape index (κ2) is 6.89. The quantitative estimate of drug-likeness (QED) is 0.683. The molecule has 0 aliphatic carbocycles. The van der Waals surface area contributed by atoms with E-state index in [-0.39, 0.29) is 5.43 Å². The number of pyridine rings is 1. The molecule has 0 saturated carbocycles. The lowest BCUT2D eigenvalue weighted by Crippen LogP contribution is -2.33. The van der Waals surface area contributed by atoms with Crippen LogP contribution in [0.5, 0.6) is 5.75 Å². The van der Waals surface area contributed by atoms with Crippen molar-refractivity contribution >= 4 is 21.8 Å². The van der Waals surface area contributed by atoms with E-state index < -0.39 is 0 Å². The molecule has 1 aliphatic heterocycles. The fraction of sp³-hybridized carbons (Fsp3) is 0.381. The van der Waals surface area contributed by atoms with Crippen LogP contribution in [0.15, 0.2) is 47.3 Å². The van der Waals surface area contributed by atoms with Crippen molar-refractivity contribution < 1.29 is 4.74 Å². The SMILES string of the molecule is Cn1c2ccccc2c(=O)c2cc(OCCN3CCCCC3)ccc21. The summed E-state index contributed by atoms with van der Waals surface area (Å²) in [5, 5.41) is 1.47. The molecule has 1 fully saturated rings. The van der Waals surface area contributed by atoms with Gasteiger partial charge in [-0.2, -0.15) is 0 Å². The molecule has 0 amide bonds.